The summed E-state index contributed by atoms with van der Waals surface area (Å²) >= 11 is 0. The first-order valence-corrected chi connectivity index (χ1v) is 6.05. The number of carbonyl (C=O) groups excluding carboxylic acids is 1. The summed E-state index contributed by atoms with van der Waals surface area (Å²) in [5.74, 6) is -0.497. The number of para-hydroxylation sites is 2. The fourth-order valence-corrected chi connectivity index (χ4v) is 1.42. The molecule has 0 aromatic heterocycles. The van der Waals surface area contributed by atoms with Crippen LogP contribution in [0, 0.1) is 0 Å². The zero-order chi connectivity index (χ0) is 14.1. The number of ether oxygens (including phenoxy) is 1. The predicted molar refractivity (Wildman–Crippen MR) is 70.8 cm³/mol. The molecule has 0 saturated carbocycles. The van der Waals surface area contributed by atoms with E-state index in [1.165, 1.54) is 0 Å². The normalized spacial score (nSPS) is 9.89. The first-order chi connectivity index (χ1) is 9.09. The molecule has 6 heteroatoms. The Labute approximate surface area is 111 Å². The van der Waals surface area contributed by atoms with E-state index in [0.29, 0.717) is 30.9 Å². The number of carbonyl (C=O) groups is 2. The van der Waals surface area contributed by atoms with Crippen LogP contribution in [-0.2, 0) is 9.59 Å². The zero-order valence-electron chi connectivity index (χ0n) is 10.6. The Morgan fingerprint density at radius 2 is 2.00 bits per heavy atom. The molecule has 0 radical (unpaired) electrons. The molecule has 0 atom stereocenters. The lowest BCUT2D eigenvalue weighted by atomic mass is 10.3. The van der Waals surface area contributed by atoms with Gasteiger partial charge in [-0.15, -0.1) is 0 Å². The Hall–Kier alpha value is -2.24. The summed E-state index contributed by atoms with van der Waals surface area (Å²) in [6.07, 6.45) is 0.780. The molecule has 19 heavy (non-hydrogen) atoms. The van der Waals surface area contributed by atoms with Crippen molar-refractivity contribution in [1.29, 1.82) is 0 Å². The summed E-state index contributed by atoms with van der Waals surface area (Å²) < 4.78 is 5.43. The van der Waals surface area contributed by atoms with Crippen LogP contribution in [-0.4, -0.2) is 30.1 Å². The molecule has 1 aromatic carbocycles. The molecule has 6 nitrogen and oxygen atoms in total. The zero-order valence-corrected chi connectivity index (χ0v) is 10.6. The molecular weight excluding hydrogens is 248 g/mol. The van der Waals surface area contributed by atoms with E-state index < -0.39 is 5.97 Å². The van der Waals surface area contributed by atoms with Crippen molar-refractivity contribution in [3.63, 3.8) is 0 Å². The van der Waals surface area contributed by atoms with Gasteiger partial charge < -0.3 is 20.9 Å². The van der Waals surface area contributed by atoms with E-state index >= 15 is 0 Å². The minimum atomic E-state index is -0.928. The Morgan fingerprint density at radius 1 is 1.26 bits per heavy atom. The van der Waals surface area contributed by atoms with Gasteiger partial charge in [0.1, 0.15) is 5.75 Å². The summed E-state index contributed by atoms with van der Waals surface area (Å²) in [6, 6.07) is 7.15. The van der Waals surface area contributed by atoms with Gasteiger partial charge in [-0.1, -0.05) is 12.1 Å². The SMILES string of the molecule is Nc1ccccc1OCCCC(=O)NCCC(=O)O. The Morgan fingerprint density at radius 3 is 2.68 bits per heavy atom. The molecule has 0 bridgehead atoms. The largest absolute Gasteiger partial charge is 0.491 e. The lowest BCUT2D eigenvalue weighted by Crippen LogP contribution is -2.26. The van der Waals surface area contributed by atoms with E-state index in [0.717, 1.165) is 0 Å². The highest BCUT2D eigenvalue weighted by atomic mass is 16.5. The second-order valence-corrected chi connectivity index (χ2v) is 3.98. The first kappa shape index (κ1) is 14.8. The standard InChI is InChI=1S/C13H18N2O4/c14-10-4-1-2-5-11(10)19-9-3-6-12(16)15-8-7-13(17)18/h1-2,4-5H,3,6-9,14H2,(H,15,16)(H,17,18). The number of hydrogen-bond donors (Lipinski definition) is 3. The number of carboxylic acids is 1. The summed E-state index contributed by atoms with van der Waals surface area (Å²) in [4.78, 5) is 21.6. The molecule has 104 valence electrons. The highest BCUT2D eigenvalue weighted by Crippen LogP contribution is 2.19. The summed E-state index contributed by atoms with van der Waals surface area (Å²) in [5.41, 5.74) is 6.26. The topological polar surface area (TPSA) is 102 Å². The minimum Gasteiger partial charge on any atom is -0.491 e. The van der Waals surface area contributed by atoms with Crippen molar-refractivity contribution in [3.05, 3.63) is 24.3 Å². The lowest BCUT2D eigenvalue weighted by molar-refractivity contribution is -0.136. The van der Waals surface area contributed by atoms with Gasteiger partial charge >= 0.3 is 5.97 Å². The van der Waals surface area contributed by atoms with Gasteiger partial charge in [0, 0.05) is 13.0 Å². The number of amides is 1. The lowest BCUT2D eigenvalue weighted by Gasteiger charge is -2.08. The van der Waals surface area contributed by atoms with Crippen molar-refractivity contribution in [2.24, 2.45) is 0 Å². The number of rotatable bonds is 8. The second-order valence-electron chi connectivity index (χ2n) is 3.98. The minimum absolute atomic E-state index is 0.0667. The third kappa shape index (κ3) is 6.30. The van der Waals surface area contributed by atoms with E-state index in [2.05, 4.69) is 5.32 Å². The molecule has 0 unspecified atom stereocenters. The van der Waals surface area contributed by atoms with Gasteiger partial charge in [-0.3, -0.25) is 9.59 Å². The van der Waals surface area contributed by atoms with Gasteiger partial charge in [-0.05, 0) is 18.6 Å². The maximum Gasteiger partial charge on any atom is 0.305 e. The number of carboxylic acid groups (broad SMARTS) is 1. The fraction of sp³-hybridized carbons (Fsp3) is 0.385. The molecule has 0 saturated heterocycles. The average Bonchev–Trinajstić information content (AvgIpc) is 2.36. The predicted octanol–water partition coefficient (Wildman–Crippen LogP) is 1.02. The van der Waals surface area contributed by atoms with E-state index in [4.69, 9.17) is 15.6 Å². The van der Waals surface area contributed by atoms with Gasteiger partial charge in [-0.25, -0.2) is 0 Å². The van der Waals surface area contributed by atoms with Crippen LogP contribution in [0.5, 0.6) is 5.75 Å². The number of aliphatic carboxylic acids is 1. The Bertz CT molecular complexity index is 434. The highest BCUT2D eigenvalue weighted by molar-refractivity contribution is 5.76. The van der Waals surface area contributed by atoms with Crippen molar-refractivity contribution in [2.75, 3.05) is 18.9 Å². The smallest absolute Gasteiger partial charge is 0.305 e. The van der Waals surface area contributed by atoms with Crippen molar-refractivity contribution in [3.8, 4) is 5.75 Å². The van der Waals surface area contributed by atoms with Crippen LogP contribution in [0.4, 0.5) is 5.69 Å². The van der Waals surface area contributed by atoms with Gasteiger partial charge in [-0.2, -0.15) is 0 Å². The molecule has 4 N–H and O–H groups in total. The first-order valence-electron chi connectivity index (χ1n) is 6.05. The number of benzene rings is 1. The maximum atomic E-state index is 11.3. The monoisotopic (exact) mass is 266 g/mol. The number of nitrogens with one attached hydrogen (secondary N) is 1. The van der Waals surface area contributed by atoms with Gasteiger partial charge in [0.2, 0.25) is 5.91 Å². The molecular formula is C13H18N2O4. The molecule has 1 rings (SSSR count). The molecule has 0 aliphatic carbocycles. The van der Waals surface area contributed by atoms with E-state index in [1.54, 1.807) is 12.1 Å². The summed E-state index contributed by atoms with van der Waals surface area (Å²) in [7, 11) is 0. The third-order valence-corrected chi connectivity index (χ3v) is 2.39. The van der Waals surface area contributed by atoms with Gasteiger partial charge in [0.05, 0.1) is 18.7 Å². The quantitative estimate of drug-likeness (QED) is 0.481. The molecule has 1 aromatic rings. The van der Waals surface area contributed by atoms with Crippen LogP contribution in [0.1, 0.15) is 19.3 Å². The summed E-state index contributed by atoms with van der Waals surface area (Å²) in [5, 5.41) is 10.9. The number of anilines is 1. The van der Waals surface area contributed by atoms with Crippen LogP contribution in [0.2, 0.25) is 0 Å². The highest BCUT2D eigenvalue weighted by Gasteiger charge is 2.03. The molecule has 0 heterocycles. The van der Waals surface area contributed by atoms with Gasteiger partial charge in [0.15, 0.2) is 0 Å². The maximum absolute atomic E-state index is 11.3. The third-order valence-electron chi connectivity index (χ3n) is 2.39. The Balaban J connectivity index is 2.12. The van der Waals surface area contributed by atoms with E-state index in [9.17, 15) is 9.59 Å². The summed E-state index contributed by atoms with van der Waals surface area (Å²) in [6.45, 7) is 0.543. The molecule has 0 aliphatic heterocycles. The van der Waals surface area contributed by atoms with Crippen LogP contribution in [0.25, 0.3) is 0 Å². The van der Waals surface area contributed by atoms with Crippen molar-refractivity contribution >= 4 is 17.6 Å². The second kappa shape index (κ2) is 7.97. The van der Waals surface area contributed by atoms with Crippen LogP contribution >= 0.6 is 0 Å². The fourth-order valence-electron chi connectivity index (χ4n) is 1.42. The van der Waals surface area contributed by atoms with Crippen LogP contribution in [0.3, 0.4) is 0 Å². The van der Waals surface area contributed by atoms with E-state index in [-0.39, 0.29) is 18.9 Å². The Kier molecular flexibility index (Phi) is 6.21. The van der Waals surface area contributed by atoms with Crippen molar-refractivity contribution in [2.45, 2.75) is 19.3 Å². The number of hydrogen-bond acceptors (Lipinski definition) is 4. The number of nitrogens with two attached hydrogens (primary N) is 1. The number of nitrogen functional groups attached to an aromatic ring is 1. The van der Waals surface area contributed by atoms with Crippen LogP contribution in [0.15, 0.2) is 24.3 Å². The van der Waals surface area contributed by atoms with Crippen molar-refractivity contribution in [1.82, 2.24) is 5.32 Å². The van der Waals surface area contributed by atoms with Gasteiger partial charge in [0.25, 0.3) is 0 Å². The van der Waals surface area contributed by atoms with E-state index in [1.807, 2.05) is 12.1 Å². The van der Waals surface area contributed by atoms with Crippen LogP contribution < -0.4 is 15.8 Å². The molecule has 0 spiro atoms. The molecule has 1 amide bonds. The van der Waals surface area contributed by atoms with Crippen molar-refractivity contribution < 1.29 is 19.4 Å². The average molecular weight is 266 g/mol. The molecule has 0 aliphatic rings. The molecule has 0 fully saturated rings.